The Bertz CT molecular complexity index is 304. The molecular formula is C11H15BrClNO. The standard InChI is InChI=1S/C11H14BrNO.ClH/c12-9-3-1-8(2-4-9)11-7-10(14)5-6-13-11;/h1-4,10-11,13-14H,5-7H2;1H. The van der Waals surface area contributed by atoms with Gasteiger partial charge in [-0.05, 0) is 37.1 Å². The van der Waals surface area contributed by atoms with Crippen molar-refractivity contribution in [1.29, 1.82) is 0 Å². The van der Waals surface area contributed by atoms with E-state index in [-0.39, 0.29) is 18.5 Å². The first-order valence-corrected chi connectivity index (χ1v) is 5.72. The number of hydrogen-bond donors (Lipinski definition) is 2. The zero-order valence-electron chi connectivity index (χ0n) is 8.32. The summed E-state index contributed by atoms with van der Waals surface area (Å²) >= 11 is 3.41. The topological polar surface area (TPSA) is 32.3 Å². The van der Waals surface area contributed by atoms with Crippen molar-refractivity contribution in [2.45, 2.75) is 25.0 Å². The van der Waals surface area contributed by atoms with Gasteiger partial charge >= 0.3 is 0 Å². The van der Waals surface area contributed by atoms with E-state index in [0.29, 0.717) is 6.04 Å². The van der Waals surface area contributed by atoms with Crippen molar-refractivity contribution in [1.82, 2.24) is 5.32 Å². The van der Waals surface area contributed by atoms with Crippen molar-refractivity contribution >= 4 is 28.3 Å². The Hall–Kier alpha value is -0.0900. The largest absolute Gasteiger partial charge is 0.393 e. The summed E-state index contributed by atoms with van der Waals surface area (Å²) in [4.78, 5) is 0. The molecule has 0 saturated carbocycles. The molecule has 1 aliphatic rings. The lowest BCUT2D eigenvalue weighted by Crippen LogP contribution is -2.34. The van der Waals surface area contributed by atoms with Crippen molar-refractivity contribution in [3.05, 3.63) is 34.3 Å². The highest BCUT2D eigenvalue weighted by Gasteiger charge is 2.20. The molecule has 1 aromatic rings. The van der Waals surface area contributed by atoms with Crippen LogP contribution in [-0.4, -0.2) is 17.8 Å². The fourth-order valence-electron chi connectivity index (χ4n) is 1.85. The number of nitrogens with one attached hydrogen (secondary N) is 1. The normalized spacial score (nSPS) is 25.7. The Balaban J connectivity index is 0.00000112. The number of piperidine rings is 1. The van der Waals surface area contributed by atoms with Gasteiger partial charge in [-0.25, -0.2) is 0 Å². The number of aliphatic hydroxyl groups excluding tert-OH is 1. The number of hydrogen-bond acceptors (Lipinski definition) is 2. The first kappa shape index (κ1) is 13.0. The monoisotopic (exact) mass is 291 g/mol. The first-order chi connectivity index (χ1) is 6.75. The third kappa shape index (κ3) is 3.45. The summed E-state index contributed by atoms with van der Waals surface area (Å²) in [6, 6.07) is 8.59. The molecule has 1 aliphatic heterocycles. The minimum Gasteiger partial charge on any atom is -0.393 e. The second-order valence-corrected chi connectivity index (χ2v) is 4.65. The van der Waals surface area contributed by atoms with Gasteiger partial charge in [0, 0.05) is 10.5 Å². The van der Waals surface area contributed by atoms with E-state index in [1.54, 1.807) is 0 Å². The van der Waals surface area contributed by atoms with E-state index in [0.717, 1.165) is 23.9 Å². The molecule has 1 fully saturated rings. The molecule has 2 rings (SSSR count). The van der Waals surface area contributed by atoms with Crippen LogP contribution >= 0.6 is 28.3 Å². The quantitative estimate of drug-likeness (QED) is 0.834. The van der Waals surface area contributed by atoms with Gasteiger partial charge in [-0.15, -0.1) is 12.4 Å². The molecule has 0 bridgehead atoms. The molecule has 0 spiro atoms. The molecule has 2 N–H and O–H groups in total. The van der Waals surface area contributed by atoms with E-state index in [4.69, 9.17) is 0 Å². The van der Waals surface area contributed by atoms with Gasteiger partial charge in [-0.2, -0.15) is 0 Å². The average molecular weight is 293 g/mol. The zero-order chi connectivity index (χ0) is 9.97. The Kier molecular flexibility index (Phi) is 5.06. The highest BCUT2D eigenvalue weighted by molar-refractivity contribution is 9.10. The Morgan fingerprint density at radius 1 is 1.27 bits per heavy atom. The summed E-state index contributed by atoms with van der Waals surface area (Å²) in [6.45, 7) is 0.905. The zero-order valence-corrected chi connectivity index (χ0v) is 10.7. The molecule has 1 heterocycles. The number of halogens is 2. The molecule has 84 valence electrons. The van der Waals surface area contributed by atoms with Gasteiger partial charge in [0.2, 0.25) is 0 Å². The van der Waals surface area contributed by atoms with Crippen molar-refractivity contribution in [3.8, 4) is 0 Å². The number of benzene rings is 1. The smallest absolute Gasteiger partial charge is 0.0570 e. The minimum atomic E-state index is -0.148. The van der Waals surface area contributed by atoms with E-state index in [2.05, 4.69) is 33.4 Å². The van der Waals surface area contributed by atoms with Crippen molar-refractivity contribution in [2.75, 3.05) is 6.54 Å². The molecule has 2 nitrogen and oxygen atoms in total. The van der Waals surface area contributed by atoms with Crippen LogP contribution in [0.2, 0.25) is 0 Å². The van der Waals surface area contributed by atoms with Crippen LogP contribution in [0.15, 0.2) is 28.7 Å². The van der Waals surface area contributed by atoms with Crippen LogP contribution in [0, 0.1) is 0 Å². The van der Waals surface area contributed by atoms with Gasteiger partial charge in [0.05, 0.1) is 6.10 Å². The fourth-order valence-corrected chi connectivity index (χ4v) is 2.11. The molecule has 0 aromatic heterocycles. The Morgan fingerprint density at radius 2 is 1.93 bits per heavy atom. The van der Waals surface area contributed by atoms with Gasteiger partial charge in [-0.3, -0.25) is 0 Å². The van der Waals surface area contributed by atoms with Crippen LogP contribution in [0.5, 0.6) is 0 Å². The number of aliphatic hydroxyl groups is 1. The molecule has 1 aromatic carbocycles. The van der Waals surface area contributed by atoms with E-state index in [1.807, 2.05) is 12.1 Å². The van der Waals surface area contributed by atoms with E-state index in [9.17, 15) is 5.11 Å². The van der Waals surface area contributed by atoms with E-state index >= 15 is 0 Å². The second kappa shape index (κ2) is 5.85. The summed E-state index contributed by atoms with van der Waals surface area (Å²) in [7, 11) is 0. The van der Waals surface area contributed by atoms with Gasteiger partial charge in [-0.1, -0.05) is 28.1 Å². The molecule has 0 aliphatic carbocycles. The predicted octanol–water partition coefficient (Wildman–Crippen LogP) is 2.66. The molecule has 4 heteroatoms. The van der Waals surface area contributed by atoms with Crippen LogP contribution in [-0.2, 0) is 0 Å². The molecule has 15 heavy (non-hydrogen) atoms. The summed E-state index contributed by atoms with van der Waals surface area (Å²) in [5.74, 6) is 0. The molecule has 2 unspecified atom stereocenters. The van der Waals surface area contributed by atoms with Crippen LogP contribution in [0.1, 0.15) is 24.4 Å². The summed E-state index contributed by atoms with van der Waals surface area (Å²) in [5.41, 5.74) is 1.26. The van der Waals surface area contributed by atoms with Gasteiger partial charge < -0.3 is 10.4 Å². The van der Waals surface area contributed by atoms with Crippen molar-refractivity contribution < 1.29 is 5.11 Å². The lowest BCUT2D eigenvalue weighted by atomic mass is 9.96. The van der Waals surface area contributed by atoms with E-state index in [1.165, 1.54) is 5.56 Å². The molecular weight excluding hydrogens is 277 g/mol. The summed E-state index contributed by atoms with van der Waals surface area (Å²) in [6.07, 6.45) is 1.54. The SMILES string of the molecule is Cl.OC1CCNC(c2ccc(Br)cc2)C1. The van der Waals surface area contributed by atoms with Gasteiger partial charge in [0.15, 0.2) is 0 Å². The highest BCUT2D eigenvalue weighted by Crippen LogP contribution is 2.24. The van der Waals surface area contributed by atoms with Gasteiger partial charge in [0.25, 0.3) is 0 Å². The van der Waals surface area contributed by atoms with Crippen LogP contribution in [0.25, 0.3) is 0 Å². The summed E-state index contributed by atoms with van der Waals surface area (Å²) < 4.78 is 1.10. The first-order valence-electron chi connectivity index (χ1n) is 4.92. The molecule has 1 saturated heterocycles. The van der Waals surface area contributed by atoms with Crippen LogP contribution in [0.3, 0.4) is 0 Å². The number of rotatable bonds is 1. The van der Waals surface area contributed by atoms with E-state index < -0.39 is 0 Å². The molecule has 0 radical (unpaired) electrons. The van der Waals surface area contributed by atoms with Crippen LogP contribution < -0.4 is 5.32 Å². The predicted molar refractivity (Wildman–Crippen MR) is 67.4 cm³/mol. The second-order valence-electron chi connectivity index (χ2n) is 3.74. The lowest BCUT2D eigenvalue weighted by molar-refractivity contribution is 0.117. The van der Waals surface area contributed by atoms with Gasteiger partial charge in [0.1, 0.15) is 0 Å². The molecule has 2 atom stereocenters. The fraction of sp³-hybridized carbons (Fsp3) is 0.455. The maximum absolute atomic E-state index is 9.55. The maximum atomic E-state index is 9.55. The third-order valence-electron chi connectivity index (χ3n) is 2.65. The minimum absolute atomic E-state index is 0. The Morgan fingerprint density at radius 3 is 2.53 bits per heavy atom. The van der Waals surface area contributed by atoms with Crippen molar-refractivity contribution in [2.24, 2.45) is 0 Å². The summed E-state index contributed by atoms with van der Waals surface area (Å²) in [5, 5.41) is 13.0. The van der Waals surface area contributed by atoms with Crippen molar-refractivity contribution in [3.63, 3.8) is 0 Å². The molecule has 0 amide bonds. The highest BCUT2D eigenvalue weighted by atomic mass is 79.9. The third-order valence-corrected chi connectivity index (χ3v) is 3.18. The average Bonchev–Trinajstić information content (AvgIpc) is 2.19. The lowest BCUT2D eigenvalue weighted by Gasteiger charge is -2.27. The van der Waals surface area contributed by atoms with Crippen LogP contribution in [0.4, 0.5) is 0 Å². The Labute approximate surface area is 105 Å². The maximum Gasteiger partial charge on any atom is 0.0570 e.